The van der Waals surface area contributed by atoms with Gasteiger partial charge >= 0.3 is 5.97 Å². The van der Waals surface area contributed by atoms with Crippen LogP contribution < -0.4 is 10.9 Å². The van der Waals surface area contributed by atoms with E-state index in [9.17, 15) is 19.5 Å². The molecule has 0 saturated carbocycles. The van der Waals surface area contributed by atoms with Crippen LogP contribution in [-0.2, 0) is 16.1 Å². The number of carboxylic acids is 1. The number of rotatable bonds is 6. The molecule has 0 aliphatic rings. The van der Waals surface area contributed by atoms with Gasteiger partial charge in [0.25, 0.3) is 5.56 Å². The van der Waals surface area contributed by atoms with E-state index in [4.69, 9.17) is 4.42 Å². The lowest BCUT2D eigenvalue weighted by Crippen LogP contribution is -2.38. The molecule has 8 heteroatoms. The van der Waals surface area contributed by atoms with Crippen LogP contribution in [0.25, 0.3) is 11.5 Å². The standard InChI is InChI=1S/C18H15N3O5/c22-15(19-17(18(24)25)12-5-2-1-3-6-12)11-21-16(23)9-8-13(20-21)14-7-4-10-26-14/h1-10,17H,11H2,(H,19,22)(H,24,25)/t17-/m0/s1. The minimum absolute atomic E-state index is 0.389. The van der Waals surface area contributed by atoms with Crippen LogP contribution in [0.2, 0.25) is 0 Å². The summed E-state index contributed by atoms with van der Waals surface area (Å²) in [5.41, 5.74) is 0.334. The van der Waals surface area contributed by atoms with Crippen molar-refractivity contribution in [1.29, 1.82) is 0 Å². The van der Waals surface area contributed by atoms with Gasteiger partial charge in [-0.25, -0.2) is 9.48 Å². The quantitative estimate of drug-likeness (QED) is 0.693. The molecular formula is C18H15N3O5. The van der Waals surface area contributed by atoms with Crippen molar-refractivity contribution in [1.82, 2.24) is 15.1 Å². The van der Waals surface area contributed by atoms with E-state index < -0.39 is 30.0 Å². The smallest absolute Gasteiger partial charge is 0.330 e. The third-order valence-electron chi connectivity index (χ3n) is 3.62. The van der Waals surface area contributed by atoms with E-state index in [1.807, 2.05) is 0 Å². The van der Waals surface area contributed by atoms with Gasteiger partial charge in [-0.3, -0.25) is 9.59 Å². The maximum Gasteiger partial charge on any atom is 0.330 e. The van der Waals surface area contributed by atoms with Crippen molar-refractivity contribution in [2.75, 3.05) is 0 Å². The van der Waals surface area contributed by atoms with Crippen molar-refractivity contribution in [2.45, 2.75) is 12.6 Å². The normalized spacial score (nSPS) is 11.7. The summed E-state index contributed by atoms with van der Waals surface area (Å²) in [6.07, 6.45) is 1.47. The SMILES string of the molecule is O=C(Cn1nc(-c2ccco2)ccc1=O)N[C@H](C(=O)O)c1ccccc1. The Bertz CT molecular complexity index is 964. The monoisotopic (exact) mass is 353 g/mol. The van der Waals surface area contributed by atoms with E-state index in [1.54, 1.807) is 42.5 Å². The van der Waals surface area contributed by atoms with Crippen molar-refractivity contribution >= 4 is 11.9 Å². The van der Waals surface area contributed by atoms with Crippen LogP contribution in [0.15, 0.2) is 70.1 Å². The maximum atomic E-state index is 12.3. The Morgan fingerprint density at radius 3 is 2.54 bits per heavy atom. The summed E-state index contributed by atoms with van der Waals surface area (Å²) < 4.78 is 6.17. The van der Waals surface area contributed by atoms with E-state index in [0.717, 1.165) is 4.68 Å². The van der Waals surface area contributed by atoms with E-state index in [0.29, 0.717) is 17.0 Å². The molecule has 2 N–H and O–H groups in total. The second kappa shape index (κ2) is 7.47. The molecule has 2 heterocycles. The van der Waals surface area contributed by atoms with Crippen molar-refractivity contribution in [2.24, 2.45) is 0 Å². The fraction of sp³-hybridized carbons (Fsp3) is 0.111. The molecular weight excluding hydrogens is 338 g/mol. The molecule has 1 aromatic carbocycles. The Morgan fingerprint density at radius 1 is 1.12 bits per heavy atom. The number of aromatic nitrogens is 2. The summed E-state index contributed by atoms with van der Waals surface area (Å²) in [4.78, 5) is 35.6. The lowest BCUT2D eigenvalue weighted by atomic mass is 10.1. The van der Waals surface area contributed by atoms with Gasteiger partial charge in [-0.05, 0) is 23.8 Å². The number of nitrogens with one attached hydrogen (secondary N) is 1. The number of hydrogen-bond acceptors (Lipinski definition) is 5. The summed E-state index contributed by atoms with van der Waals surface area (Å²) >= 11 is 0. The fourth-order valence-corrected chi connectivity index (χ4v) is 2.39. The first-order valence-corrected chi connectivity index (χ1v) is 7.74. The van der Waals surface area contributed by atoms with Gasteiger partial charge in [0.2, 0.25) is 5.91 Å². The highest BCUT2D eigenvalue weighted by molar-refractivity contribution is 5.84. The highest BCUT2D eigenvalue weighted by atomic mass is 16.4. The number of furan rings is 1. The van der Waals surface area contributed by atoms with E-state index >= 15 is 0 Å². The maximum absolute atomic E-state index is 12.3. The van der Waals surface area contributed by atoms with Crippen molar-refractivity contribution in [3.05, 3.63) is 76.8 Å². The highest BCUT2D eigenvalue weighted by Gasteiger charge is 2.22. The van der Waals surface area contributed by atoms with Crippen molar-refractivity contribution < 1.29 is 19.1 Å². The lowest BCUT2D eigenvalue weighted by molar-refractivity contribution is -0.142. The molecule has 3 rings (SSSR count). The molecule has 132 valence electrons. The average molecular weight is 353 g/mol. The van der Waals surface area contributed by atoms with E-state index in [1.165, 1.54) is 18.4 Å². The molecule has 3 aromatic rings. The molecule has 0 bridgehead atoms. The Balaban J connectivity index is 1.78. The second-order valence-corrected chi connectivity index (χ2v) is 5.44. The first-order chi connectivity index (χ1) is 12.5. The van der Waals surface area contributed by atoms with Gasteiger partial charge in [-0.2, -0.15) is 5.10 Å². The zero-order valence-corrected chi connectivity index (χ0v) is 13.5. The van der Waals surface area contributed by atoms with Crippen LogP contribution >= 0.6 is 0 Å². The van der Waals surface area contributed by atoms with Gasteiger partial charge in [0.15, 0.2) is 11.8 Å². The number of aliphatic carboxylic acids is 1. The first kappa shape index (κ1) is 17.2. The number of carbonyl (C=O) groups is 2. The third kappa shape index (κ3) is 3.86. The van der Waals surface area contributed by atoms with Crippen LogP contribution in [0.5, 0.6) is 0 Å². The summed E-state index contributed by atoms with van der Waals surface area (Å²) in [7, 11) is 0. The summed E-state index contributed by atoms with van der Waals surface area (Å²) in [6.45, 7) is -0.413. The molecule has 0 saturated heterocycles. The third-order valence-corrected chi connectivity index (χ3v) is 3.62. The van der Waals surface area contributed by atoms with Gasteiger partial charge in [0.05, 0.1) is 6.26 Å². The fourth-order valence-electron chi connectivity index (χ4n) is 2.39. The zero-order chi connectivity index (χ0) is 18.5. The van der Waals surface area contributed by atoms with Crippen LogP contribution in [0.4, 0.5) is 0 Å². The number of hydrogen-bond donors (Lipinski definition) is 2. The Kier molecular flexibility index (Phi) is 4.93. The molecule has 26 heavy (non-hydrogen) atoms. The average Bonchev–Trinajstić information content (AvgIpc) is 3.17. The lowest BCUT2D eigenvalue weighted by Gasteiger charge is -2.15. The number of carboxylic acid groups (broad SMARTS) is 1. The molecule has 2 aromatic heterocycles. The number of amides is 1. The van der Waals surface area contributed by atoms with Crippen LogP contribution in [0, 0.1) is 0 Å². The van der Waals surface area contributed by atoms with Gasteiger partial charge < -0.3 is 14.8 Å². The summed E-state index contributed by atoms with van der Waals surface area (Å²) in [5.74, 6) is -1.39. The van der Waals surface area contributed by atoms with Gasteiger partial charge in [0.1, 0.15) is 12.2 Å². The molecule has 0 spiro atoms. The first-order valence-electron chi connectivity index (χ1n) is 7.74. The largest absolute Gasteiger partial charge is 0.479 e. The number of carbonyl (C=O) groups excluding carboxylic acids is 1. The molecule has 0 radical (unpaired) electrons. The van der Waals surface area contributed by atoms with Gasteiger partial charge in [0, 0.05) is 6.07 Å². The Morgan fingerprint density at radius 2 is 1.88 bits per heavy atom. The molecule has 0 aliphatic heterocycles. The van der Waals surface area contributed by atoms with Gasteiger partial charge in [-0.15, -0.1) is 0 Å². The summed E-state index contributed by atoms with van der Waals surface area (Å²) in [5, 5.41) is 15.8. The van der Waals surface area contributed by atoms with Gasteiger partial charge in [-0.1, -0.05) is 30.3 Å². The Hall–Kier alpha value is -3.68. The topological polar surface area (TPSA) is 114 Å². The molecule has 0 aliphatic carbocycles. The van der Waals surface area contributed by atoms with Crippen LogP contribution in [0.3, 0.4) is 0 Å². The zero-order valence-electron chi connectivity index (χ0n) is 13.5. The summed E-state index contributed by atoms with van der Waals surface area (Å²) in [6, 6.07) is 13.2. The molecule has 1 amide bonds. The molecule has 8 nitrogen and oxygen atoms in total. The van der Waals surface area contributed by atoms with E-state index in [2.05, 4.69) is 10.4 Å². The van der Waals surface area contributed by atoms with Crippen LogP contribution in [0.1, 0.15) is 11.6 Å². The minimum Gasteiger partial charge on any atom is -0.479 e. The second-order valence-electron chi connectivity index (χ2n) is 5.44. The number of nitrogens with zero attached hydrogens (tertiary/aromatic N) is 2. The molecule has 0 fully saturated rings. The minimum atomic E-state index is -1.22. The van der Waals surface area contributed by atoms with Crippen molar-refractivity contribution in [3.8, 4) is 11.5 Å². The molecule has 1 atom stereocenters. The molecule has 0 unspecified atom stereocenters. The predicted octanol–water partition coefficient (Wildman–Crippen LogP) is 1.45. The Labute approximate surface area is 147 Å². The van der Waals surface area contributed by atoms with Crippen molar-refractivity contribution in [3.63, 3.8) is 0 Å². The highest BCUT2D eigenvalue weighted by Crippen LogP contribution is 2.15. The van der Waals surface area contributed by atoms with Crippen LogP contribution in [-0.4, -0.2) is 26.8 Å². The van der Waals surface area contributed by atoms with E-state index in [-0.39, 0.29) is 0 Å². The number of benzene rings is 1. The predicted molar refractivity (Wildman–Crippen MR) is 91.2 cm³/mol.